The number of rotatable bonds is 13. The molecule has 0 aliphatic carbocycles. The van der Waals surface area contributed by atoms with Crippen LogP contribution in [0, 0.1) is 0 Å². The van der Waals surface area contributed by atoms with Crippen molar-refractivity contribution in [2.45, 2.75) is 38.0 Å². The average molecular weight is 806 g/mol. The van der Waals surface area contributed by atoms with Gasteiger partial charge in [-0.05, 0) is 62.4 Å². The number of benzene rings is 5. The molecule has 0 radical (unpaired) electrons. The number of ether oxygens (including phenoxy) is 1. The minimum atomic E-state index is -5.13. The van der Waals surface area contributed by atoms with Gasteiger partial charge in [0.05, 0.1) is 12.8 Å². The lowest BCUT2D eigenvalue weighted by molar-refractivity contribution is -0.0889. The maximum atomic E-state index is 13.6. The fraction of sp³-hybridized carbons (Fsp3) is 0.149. The molecule has 0 saturated heterocycles. The lowest BCUT2D eigenvalue weighted by Crippen LogP contribution is -2.39. The predicted molar refractivity (Wildman–Crippen MR) is 220 cm³/mol. The molecule has 300 valence electrons. The number of hydrogen-bond acceptors (Lipinski definition) is 7. The second-order valence-electron chi connectivity index (χ2n) is 14.1. The second kappa shape index (κ2) is 16.5. The van der Waals surface area contributed by atoms with E-state index in [1.165, 1.54) is 19.4 Å². The smallest absolute Gasteiger partial charge is 0.456 e. The zero-order valence-electron chi connectivity index (χ0n) is 32.6. The maximum absolute atomic E-state index is 13.6. The Balaban J connectivity index is 1.21. The Hall–Kier alpha value is -7.41. The number of nitrogens with zero attached hydrogens (tertiary/aromatic N) is 7. The summed E-state index contributed by atoms with van der Waals surface area (Å²) in [4.78, 5) is 30.4. The molecular weight excluding hydrogens is 768 g/mol. The first-order valence-electron chi connectivity index (χ1n) is 19.3. The monoisotopic (exact) mass is 805 g/mol. The van der Waals surface area contributed by atoms with E-state index in [2.05, 4.69) is 51.7 Å². The minimum absolute atomic E-state index is 0.0756. The third kappa shape index (κ3) is 7.08. The molecule has 60 heavy (non-hydrogen) atoms. The molecule has 13 heteroatoms. The van der Waals surface area contributed by atoms with E-state index >= 15 is 0 Å². The Labute approximate surface area is 343 Å². The number of aryl methyl sites for hydroxylation is 1. The molecule has 0 unspecified atom stereocenters. The number of Topliss-reactive ketones (excluding diaryl/α,β-unsaturated/α-hetero) is 1. The Morgan fingerprint density at radius 1 is 0.700 bits per heavy atom. The summed E-state index contributed by atoms with van der Waals surface area (Å²) in [5.41, 5.74) is 4.50. The number of aromatic nitrogens is 7. The van der Waals surface area contributed by atoms with Crippen molar-refractivity contribution in [2.24, 2.45) is 0 Å². The summed E-state index contributed by atoms with van der Waals surface area (Å²) in [5.74, 6) is -1.99. The van der Waals surface area contributed by atoms with Gasteiger partial charge in [-0.3, -0.25) is 9.36 Å². The van der Waals surface area contributed by atoms with Gasteiger partial charge in [-0.2, -0.15) is 13.2 Å². The van der Waals surface area contributed by atoms with Crippen LogP contribution in [-0.2, 0) is 23.2 Å². The van der Waals surface area contributed by atoms with Crippen molar-refractivity contribution >= 4 is 11.8 Å². The summed E-state index contributed by atoms with van der Waals surface area (Å²) in [7, 11) is 1.19. The molecule has 0 amide bonds. The number of ketones is 1. The van der Waals surface area contributed by atoms with Gasteiger partial charge < -0.3 is 9.30 Å². The van der Waals surface area contributed by atoms with E-state index in [1.54, 1.807) is 4.57 Å². The number of esters is 1. The molecule has 8 rings (SSSR count). The van der Waals surface area contributed by atoms with Gasteiger partial charge >= 0.3 is 12.1 Å². The summed E-state index contributed by atoms with van der Waals surface area (Å²) in [6.07, 6.45) is -2.81. The Morgan fingerprint density at radius 3 is 1.82 bits per heavy atom. The summed E-state index contributed by atoms with van der Waals surface area (Å²) < 4.78 is 50.4. The molecule has 0 N–H and O–H groups in total. The molecule has 5 aromatic carbocycles. The Kier molecular flexibility index (Phi) is 10.8. The number of halogens is 3. The maximum Gasteiger partial charge on any atom is 0.456 e. The van der Waals surface area contributed by atoms with Crippen molar-refractivity contribution in [3.05, 3.63) is 197 Å². The summed E-state index contributed by atoms with van der Waals surface area (Å²) in [6.45, 7) is 2.07. The number of imidazole rings is 1. The van der Waals surface area contributed by atoms with Gasteiger partial charge in [0.1, 0.15) is 11.4 Å². The molecule has 0 saturated carbocycles. The molecule has 0 aliphatic heterocycles. The lowest BCUT2D eigenvalue weighted by Gasteiger charge is -2.36. The van der Waals surface area contributed by atoms with Gasteiger partial charge in [0, 0.05) is 24.7 Å². The van der Waals surface area contributed by atoms with Crippen molar-refractivity contribution < 1.29 is 27.5 Å². The van der Waals surface area contributed by atoms with Gasteiger partial charge in [-0.15, -0.1) is 5.10 Å². The SMILES string of the molecule is CCCc1nc(-n2cccc2C(=O)C(F)(F)F)c(C(=O)OC)n1Cc1ccc(-c2ccccc2-c2nnnn2C(c2ccccc2)(c2ccccc2)c2ccccc2)cc1. The molecule has 8 aromatic rings. The van der Waals surface area contributed by atoms with Gasteiger partial charge in [0.25, 0.3) is 5.78 Å². The zero-order chi connectivity index (χ0) is 41.9. The molecule has 0 aliphatic rings. The standard InChI is InChI=1S/C47H38F3N7O3/c1-3-16-40-51-44(55-30-15-25-39(55)42(58)47(48,49)50)41(45(59)60-2)56(40)31-32-26-28-33(29-27-32)37-23-13-14-24-38(37)43-52-53-54-57(43)46(34-17-7-4-8-18-34,35-19-9-5-10-20-35)36-21-11-6-12-22-36/h4-15,17-30H,3,16,31H2,1-2H3. The van der Waals surface area contributed by atoms with Crippen LogP contribution in [-0.4, -0.2) is 59.4 Å². The first-order valence-corrected chi connectivity index (χ1v) is 19.3. The molecule has 10 nitrogen and oxygen atoms in total. The highest BCUT2D eigenvalue weighted by atomic mass is 19.4. The molecular formula is C47H38F3N7O3. The van der Waals surface area contributed by atoms with Crippen LogP contribution in [0.1, 0.15) is 62.4 Å². The first kappa shape index (κ1) is 39.4. The van der Waals surface area contributed by atoms with E-state index in [1.807, 2.05) is 115 Å². The van der Waals surface area contributed by atoms with Gasteiger partial charge in [0.15, 0.2) is 17.3 Å². The van der Waals surface area contributed by atoms with Crippen molar-refractivity contribution in [1.29, 1.82) is 0 Å². The summed E-state index contributed by atoms with van der Waals surface area (Å²) >= 11 is 0. The van der Waals surface area contributed by atoms with Crippen LogP contribution >= 0.6 is 0 Å². The van der Waals surface area contributed by atoms with Crippen LogP contribution < -0.4 is 0 Å². The lowest BCUT2D eigenvalue weighted by atomic mass is 9.77. The van der Waals surface area contributed by atoms with E-state index < -0.39 is 29.2 Å². The molecule has 3 heterocycles. The van der Waals surface area contributed by atoms with E-state index in [0.717, 1.165) is 49.6 Å². The van der Waals surface area contributed by atoms with Crippen LogP contribution in [0.25, 0.3) is 28.3 Å². The number of hydrogen-bond donors (Lipinski definition) is 0. The number of carbonyl (C=O) groups is 2. The van der Waals surface area contributed by atoms with Crippen LogP contribution in [0.5, 0.6) is 0 Å². The van der Waals surface area contributed by atoms with Gasteiger partial charge in [0.2, 0.25) is 0 Å². The van der Waals surface area contributed by atoms with Crippen LogP contribution in [0.3, 0.4) is 0 Å². The van der Waals surface area contributed by atoms with E-state index in [-0.39, 0.29) is 18.1 Å². The van der Waals surface area contributed by atoms with E-state index in [4.69, 9.17) is 9.95 Å². The highest BCUT2D eigenvalue weighted by molar-refractivity contribution is 6.00. The quantitative estimate of drug-likeness (QED) is 0.0649. The number of methoxy groups -OCH3 is 1. The second-order valence-corrected chi connectivity index (χ2v) is 14.1. The van der Waals surface area contributed by atoms with Crippen molar-refractivity contribution in [3.8, 4) is 28.3 Å². The van der Waals surface area contributed by atoms with Gasteiger partial charge in [-0.1, -0.05) is 146 Å². The number of alkyl halides is 3. The zero-order valence-corrected chi connectivity index (χ0v) is 32.6. The third-order valence-corrected chi connectivity index (χ3v) is 10.5. The van der Waals surface area contributed by atoms with Crippen molar-refractivity contribution in [3.63, 3.8) is 0 Å². The van der Waals surface area contributed by atoms with Gasteiger partial charge in [-0.25, -0.2) is 14.5 Å². The largest absolute Gasteiger partial charge is 0.464 e. The van der Waals surface area contributed by atoms with Crippen LogP contribution in [0.4, 0.5) is 13.2 Å². The van der Waals surface area contributed by atoms with E-state index in [0.29, 0.717) is 24.5 Å². The Morgan fingerprint density at radius 2 is 1.27 bits per heavy atom. The molecule has 3 aromatic heterocycles. The predicted octanol–water partition coefficient (Wildman–Crippen LogP) is 9.37. The number of carbonyl (C=O) groups excluding carboxylic acids is 2. The molecule has 0 bridgehead atoms. The fourth-order valence-corrected chi connectivity index (χ4v) is 7.82. The van der Waals surface area contributed by atoms with E-state index in [9.17, 15) is 22.8 Å². The van der Waals surface area contributed by atoms with Crippen molar-refractivity contribution in [1.82, 2.24) is 34.3 Å². The first-order chi connectivity index (χ1) is 29.2. The van der Waals surface area contributed by atoms with Crippen molar-refractivity contribution in [2.75, 3.05) is 7.11 Å². The third-order valence-electron chi connectivity index (χ3n) is 10.5. The average Bonchev–Trinajstić information content (AvgIpc) is 4.05. The molecule has 0 spiro atoms. The molecule has 0 fully saturated rings. The molecule has 0 atom stereocenters. The van der Waals surface area contributed by atoms with Crippen LogP contribution in [0.2, 0.25) is 0 Å². The highest BCUT2D eigenvalue weighted by Crippen LogP contribution is 2.43. The minimum Gasteiger partial charge on any atom is -0.464 e. The summed E-state index contributed by atoms with van der Waals surface area (Å²) in [6, 6.07) is 48.5. The fourth-order valence-electron chi connectivity index (χ4n) is 7.82. The highest BCUT2D eigenvalue weighted by Gasteiger charge is 2.43. The topological polar surface area (TPSA) is 110 Å². The normalized spacial score (nSPS) is 11.8. The summed E-state index contributed by atoms with van der Waals surface area (Å²) in [5, 5.41) is 13.7. The Bertz CT molecular complexity index is 2660. The number of tetrazole rings is 1. The van der Waals surface area contributed by atoms with Crippen LogP contribution in [0.15, 0.2) is 158 Å².